The molecule has 0 aromatic carbocycles. The Hall–Kier alpha value is 0.194. The van der Waals surface area contributed by atoms with Crippen molar-refractivity contribution in [3.8, 4) is 0 Å². The van der Waals surface area contributed by atoms with Gasteiger partial charge >= 0.3 is 0 Å². The Morgan fingerprint density at radius 1 is 0.438 bits per heavy atom. The standard InChI is InChI=1S/3H2O4S.V/c3*1-5(2,3)4;/h3*(H2,1,2,3,4);/p-6. The molecule has 0 aromatic heterocycles. The number of rotatable bonds is 0. The summed E-state index contributed by atoms with van der Waals surface area (Å²) in [5.74, 6) is 0. The Balaban J connectivity index is -0.0000000655. The molecule has 0 aliphatic heterocycles. The Morgan fingerprint density at radius 3 is 0.438 bits per heavy atom. The van der Waals surface area contributed by atoms with Gasteiger partial charge in [-0.2, -0.15) is 0 Å². The molecule has 101 valence electrons. The van der Waals surface area contributed by atoms with Crippen molar-refractivity contribution in [2.24, 2.45) is 0 Å². The van der Waals surface area contributed by atoms with Crippen LogP contribution >= 0.6 is 0 Å². The van der Waals surface area contributed by atoms with E-state index in [2.05, 4.69) is 0 Å². The smallest absolute Gasteiger partial charge is 0.0311 e. The molecule has 0 heterocycles. The molecule has 16 heteroatoms. The Bertz CT molecular complexity index is 337. The van der Waals surface area contributed by atoms with Gasteiger partial charge in [-0.15, -0.1) is 0 Å². The normalized spacial score (nSPS) is 10.9. The van der Waals surface area contributed by atoms with Crippen LogP contribution in [0.3, 0.4) is 0 Å². The second kappa shape index (κ2) is 9.25. The summed E-state index contributed by atoms with van der Waals surface area (Å²) in [7, 11) is -15.5. The largest absolute Gasteiger partial charge is 0.759 e. The SMILES string of the molecule is O=S(=O)([O-])[O-].O=S(=O)([O-])[O-].O=S(=O)([O-])[O-].[V]. The predicted octanol–water partition coefficient (Wildman–Crippen LogP) is -4.02. The van der Waals surface area contributed by atoms with Crippen molar-refractivity contribution in [1.82, 2.24) is 0 Å². The predicted molar refractivity (Wildman–Crippen MR) is 31.4 cm³/mol. The fraction of sp³-hybridized carbons (Fsp3) is 0. The molecule has 0 aliphatic rings. The van der Waals surface area contributed by atoms with E-state index in [1.807, 2.05) is 0 Å². The molecule has 0 saturated heterocycles. The summed E-state index contributed by atoms with van der Waals surface area (Å²) in [6.07, 6.45) is 0. The molecule has 0 saturated carbocycles. The minimum atomic E-state index is -5.17. The third kappa shape index (κ3) is 65400. The van der Waals surface area contributed by atoms with Crippen molar-refractivity contribution >= 4 is 31.2 Å². The molecule has 0 N–H and O–H groups in total. The van der Waals surface area contributed by atoms with Crippen LogP contribution in [-0.2, 0) is 49.8 Å². The summed E-state index contributed by atoms with van der Waals surface area (Å²) in [4.78, 5) is 0. The summed E-state index contributed by atoms with van der Waals surface area (Å²) in [6.45, 7) is 0. The van der Waals surface area contributed by atoms with Crippen LogP contribution in [0.15, 0.2) is 0 Å². The van der Waals surface area contributed by atoms with Crippen molar-refractivity contribution in [2.45, 2.75) is 0 Å². The van der Waals surface area contributed by atoms with Crippen LogP contribution < -0.4 is 0 Å². The molecule has 16 heavy (non-hydrogen) atoms. The molecule has 0 bridgehead atoms. The van der Waals surface area contributed by atoms with Gasteiger partial charge in [-0.1, -0.05) is 0 Å². The van der Waals surface area contributed by atoms with Crippen molar-refractivity contribution in [2.75, 3.05) is 0 Å². The molecule has 1 radical (unpaired) electrons. The van der Waals surface area contributed by atoms with E-state index in [1.54, 1.807) is 0 Å². The first kappa shape index (κ1) is 25.1. The molecule has 0 aliphatic carbocycles. The van der Waals surface area contributed by atoms with E-state index in [-0.39, 0.29) is 18.6 Å². The third-order valence-electron chi connectivity index (χ3n) is 0. The molecule has 0 rings (SSSR count). The van der Waals surface area contributed by atoms with Crippen molar-refractivity contribution in [3.63, 3.8) is 0 Å². The van der Waals surface area contributed by atoms with Crippen LogP contribution in [0.1, 0.15) is 0 Å². The van der Waals surface area contributed by atoms with E-state index in [0.29, 0.717) is 0 Å². The fourth-order valence-electron chi connectivity index (χ4n) is 0. The maximum Gasteiger partial charge on any atom is 0.0311 e. The minimum Gasteiger partial charge on any atom is -0.759 e. The topological polar surface area (TPSA) is 241 Å². The average Bonchev–Trinajstić information content (AvgIpc) is 1.41. The van der Waals surface area contributed by atoms with Gasteiger partial charge in [-0.05, 0) is 0 Å². The van der Waals surface area contributed by atoms with Gasteiger partial charge in [0.25, 0.3) is 0 Å². The Kier molecular flexibility index (Phi) is 14.5. The van der Waals surface area contributed by atoms with Crippen molar-refractivity contribution in [3.05, 3.63) is 0 Å². The first-order valence-electron chi connectivity index (χ1n) is 2.00. The summed E-state index contributed by atoms with van der Waals surface area (Å²) in [5, 5.41) is 0. The average molecular weight is 339 g/mol. The van der Waals surface area contributed by atoms with Crippen LogP contribution in [0.5, 0.6) is 0 Å². The van der Waals surface area contributed by atoms with Crippen LogP contribution in [0.2, 0.25) is 0 Å². The van der Waals surface area contributed by atoms with E-state index in [4.69, 9.17) is 52.6 Å². The van der Waals surface area contributed by atoms with E-state index in [9.17, 15) is 0 Å². The summed E-state index contributed by atoms with van der Waals surface area (Å²) in [5.41, 5.74) is 0. The molecule has 0 aromatic rings. The van der Waals surface area contributed by atoms with Crippen molar-refractivity contribution < 1.29 is 71.1 Å². The van der Waals surface area contributed by atoms with Gasteiger partial charge in [0.05, 0.1) is 0 Å². The van der Waals surface area contributed by atoms with Gasteiger partial charge in [-0.25, -0.2) is 0 Å². The first-order valence-corrected chi connectivity index (χ1v) is 6.00. The molecule has 0 amide bonds. The summed E-state index contributed by atoms with van der Waals surface area (Å²) < 4.78 is 102. The van der Waals surface area contributed by atoms with Crippen LogP contribution in [0.25, 0.3) is 0 Å². The molecular formula is O12S3V-6. The van der Waals surface area contributed by atoms with Gasteiger partial charge in [0.15, 0.2) is 0 Å². The quantitative estimate of drug-likeness (QED) is 0.302. The first-order chi connectivity index (χ1) is 6.00. The van der Waals surface area contributed by atoms with Gasteiger partial charge in [-0.3, -0.25) is 25.3 Å². The molecule has 0 fully saturated rings. The zero-order valence-corrected chi connectivity index (χ0v) is 10.4. The number of hydrogen-bond donors (Lipinski definition) is 0. The summed E-state index contributed by atoms with van der Waals surface area (Å²) >= 11 is 0. The zero-order valence-electron chi connectivity index (χ0n) is 6.57. The molecule has 12 nitrogen and oxygen atoms in total. The second-order valence-electron chi connectivity index (χ2n) is 1.22. The fourth-order valence-corrected chi connectivity index (χ4v) is 0. The Morgan fingerprint density at radius 2 is 0.438 bits per heavy atom. The number of hydrogen-bond acceptors (Lipinski definition) is 12. The molecule has 0 unspecified atom stereocenters. The van der Waals surface area contributed by atoms with Crippen LogP contribution in [-0.4, -0.2) is 52.6 Å². The maximum atomic E-state index is 8.52. The Labute approximate surface area is 102 Å². The van der Waals surface area contributed by atoms with Gasteiger partial charge in [0.1, 0.15) is 0 Å². The van der Waals surface area contributed by atoms with Crippen LogP contribution in [0, 0.1) is 0 Å². The molecule has 0 spiro atoms. The van der Waals surface area contributed by atoms with Gasteiger partial charge in [0.2, 0.25) is 0 Å². The zero-order chi connectivity index (χ0) is 13.5. The van der Waals surface area contributed by atoms with E-state index >= 15 is 0 Å². The molecule has 0 atom stereocenters. The van der Waals surface area contributed by atoms with Gasteiger partial charge in [0, 0.05) is 49.8 Å². The van der Waals surface area contributed by atoms with Crippen LogP contribution in [0.4, 0.5) is 0 Å². The maximum absolute atomic E-state index is 8.52. The van der Waals surface area contributed by atoms with E-state index in [1.165, 1.54) is 0 Å². The third-order valence-corrected chi connectivity index (χ3v) is 0. The molecular weight excluding hydrogens is 339 g/mol. The van der Waals surface area contributed by atoms with Crippen molar-refractivity contribution in [1.29, 1.82) is 0 Å². The summed E-state index contributed by atoms with van der Waals surface area (Å²) in [6, 6.07) is 0. The monoisotopic (exact) mass is 339 g/mol. The second-order valence-corrected chi connectivity index (χ2v) is 3.67. The van der Waals surface area contributed by atoms with E-state index < -0.39 is 31.2 Å². The minimum absolute atomic E-state index is 0. The van der Waals surface area contributed by atoms with E-state index in [0.717, 1.165) is 0 Å². The van der Waals surface area contributed by atoms with Gasteiger partial charge < -0.3 is 27.3 Å².